The van der Waals surface area contributed by atoms with Crippen molar-refractivity contribution in [1.29, 1.82) is 0 Å². The molecule has 196 valence electrons. The van der Waals surface area contributed by atoms with Crippen molar-refractivity contribution in [2.75, 3.05) is 30.6 Å². The summed E-state index contributed by atoms with van der Waals surface area (Å²) in [7, 11) is -2.84. The van der Waals surface area contributed by atoms with Crippen molar-refractivity contribution in [2.45, 2.75) is 13.1 Å². The van der Waals surface area contributed by atoms with Gasteiger partial charge in [0.05, 0.1) is 39.8 Å². The van der Waals surface area contributed by atoms with Gasteiger partial charge in [0.1, 0.15) is 29.9 Å². The first-order chi connectivity index (χ1) is 18.0. The maximum absolute atomic E-state index is 13.4. The Labute approximate surface area is 215 Å². The molecule has 0 fully saturated rings. The zero-order chi connectivity index (χ0) is 27.1. The predicted octanol–water partition coefficient (Wildman–Crippen LogP) is 6.05. The second-order valence-electron chi connectivity index (χ2n) is 8.76. The number of alkyl halides is 3. The molecule has 0 unspecified atom stereocenters. The van der Waals surface area contributed by atoms with Crippen molar-refractivity contribution < 1.29 is 22.5 Å². The Kier molecular flexibility index (Phi) is 6.44. The van der Waals surface area contributed by atoms with Crippen LogP contribution in [0.15, 0.2) is 55.0 Å². The molecule has 3 heterocycles. The number of nitrogens with one attached hydrogen (secondary N) is 3. The number of nitrogens with zero attached hydrogens (tertiary/aromatic N) is 4. The van der Waals surface area contributed by atoms with Crippen molar-refractivity contribution in [3.05, 3.63) is 60.6 Å². The standard InChI is InChI=1S/C25H23F3N7O2P/c1-4-37-19-8-5-14(25(26,27)28)13-18(19)33-24-34-22-15(9-10-31-22)23(35-24)32-17-7-6-16-20(30-12-11-29-16)21(17)38(2,3)36/h5-13H,4H2,1-3H3,(H3,31,32,33,34,35). The molecule has 38 heavy (non-hydrogen) atoms. The molecule has 0 aliphatic carbocycles. The van der Waals surface area contributed by atoms with Crippen LogP contribution in [-0.4, -0.2) is 44.9 Å². The Morgan fingerprint density at radius 3 is 2.53 bits per heavy atom. The Morgan fingerprint density at radius 1 is 1.00 bits per heavy atom. The molecule has 5 rings (SSSR count). The summed E-state index contributed by atoms with van der Waals surface area (Å²) in [6.45, 7) is 5.27. The normalized spacial score (nSPS) is 12.2. The lowest BCUT2D eigenvalue weighted by molar-refractivity contribution is -0.137. The van der Waals surface area contributed by atoms with Crippen LogP contribution in [-0.2, 0) is 10.7 Å². The molecule has 0 atom stereocenters. The molecule has 9 nitrogen and oxygen atoms in total. The molecule has 0 saturated heterocycles. The number of benzene rings is 2. The molecule has 13 heteroatoms. The van der Waals surface area contributed by atoms with E-state index in [1.165, 1.54) is 12.3 Å². The highest BCUT2D eigenvalue weighted by molar-refractivity contribution is 7.71. The molecule has 0 spiro atoms. The fourth-order valence-corrected chi connectivity index (χ4v) is 5.49. The van der Waals surface area contributed by atoms with Gasteiger partial charge in [0.25, 0.3) is 0 Å². The number of halogens is 3. The maximum atomic E-state index is 13.4. The molecule has 0 saturated carbocycles. The Bertz CT molecular complexity index is 1700. The van der Waals surface area contributed by atoms with E-state index in [2.05, 4.69) is 35.6 Å². The lowest BCUT2D eigenvalue weighted by Gasteiger charge is -2.18. The van der Waals surface area contributed by atoms with Crippen molar-refractivity contribution in [3.8, 4) is 5.75 Å². The van der Waals surface area contributed by atoms with Gasteiger partial charge in [0.2, 0.25) is 5.95 Å². The average Bonchev–Trinajstić information content (AvgIpc) is 3.33. The SMILES string of the molecule is CCOc1ccc(C(F)(F)F)cc1Nc1nc(Nc2ccc3nccnc3c2P(C)(C)=O)c2cc[nH]c2n1. The molecule has 0 amide bonds. The third kappa shape index (κ3) is 4.99. The van der Waals surface area contributed by atoms with Gasteiger partial charge in [-0.1, -0.05) is 0 Å². The molecule has 0 bridgehead atoms. The van der Waals surface area contributed by atoms with Crippen molar-refractivity contribution in [1.82, 2.24) is 24.9 Å². The largest absolute Gasteiger partial charge is 0.492 e. The van der Waals surface area contributed by atoms with Crippen LogP contribution in [0.2, 0.25) is 0 Å². The molecular formula is C25H23F3N7O2P. The van der Waals surface area contributed by atoms with Gasteiger partial charge in [-0.2, -0.15) is 23.1 Å². The number of aromatic nitrogens is 5. The number of H-pyrrole nitrogens is 1. The minimum Gasteiger partial charge on any atom is -0.492 e. The van der Waals surface area contributed by atoms with E-state index in [9.17, 15) is 17.7 Å². The minimum atomic E-state index is -4.54. The number of anilines is 4. The van der Waals surface area contributed by atoms with E-state index in [1.54, 1.807) is 50.8 Å². The molecule has 3 aromatic heterocycles. The lowest BCUT2D eigenvalue weighted by atomic mass is 10.2. The van der Waals surface area contributed by atoms with Gasteiger partial charge < -0.3 is 24.9 Å². The molecule has 0 aliphatic heterocycles. The van der Waals surface area contributed by atoms with Crippen LogP contribution in [0.1, 0.15) is 12.5 Å². The third-order valence-electron chi connectivity index (χ3n) is 5.67. The number of hydrogen-bond donors (Lipinski definition) is 3. The molecule has 0 radical (unpaired) electrons. The monoisotopic (exact) mass is 541 g/mol. The van der Waals surface area contributed by atoms with E-state index in [1.807, 2.05) is 0 Å². The summed E-state index contributed by atoms with van der Waals surface area (Å²) < 4.78 is 59.0. The highest BCUT2D eigenvalue weighted by Gasteiger charge is 2.31. The van der Waals surface area contributed by atoms with Crippen molar-refractivity contribution in [2.24, 2.45) is 0 Å². The van der Waals surface area contributed by atoms with Gasteiger partial charge in [-0.15, -0.1) is 0 Å². The first-order valence-corrected chi connectivity index (χ1v) is 14.2. The average molecular weight is 541 g/mol. The van der Waals surface area contributed by atoms with Crippen molar-refractivity contribution in [3.63, 3.8) is 0 Å². The number of fused-ring (bicyclic) bond motifs is 2. The van der Waals surface area contributed by atoms with E-state index in [0.29, 0.717) is 38.9 Å². The summed E-state index contributed by atoms with van der Waals surface area (Å²) >= 11 is 0. The zero-order valence-electron chi connectivity index (χ0n) is 20.6. The quantitative estimate of drug-likeness (QED) is 0.213. The molecule has 0 aliphatic rings. The molecule has 2 aromatic carbocycles. The minimum absolute atomic E-state index is 0.0287. The van der Waals surface area contributed by atoms with Gasteiger partial charge in [-0.3, -0.25) is 9.97 Å². The second-order valence-corrected chi connectivity index (χ2v) is 11.9. The van der Waals surface area contributed by atoms with E-state index in [4.69, 9.17) is 4.74 Å². The summed E-state index contributed by atoms with van der Waals surface area (Å²) in [4.78, 5) is 20.7. The summed E-state index contributed by atoms with van der Waals surface area (Å²) in [5, 5.41) is 7.24. The molecular weight excluding hydrogens is 518 g/mol. The highest BCUT2D eigenvalue weighted by Crippen LogP contribution is 2.41. The Morgan fingerprint density at radius 2 is 1.79 bits per heavy atom. The van der Waals surface area contributed by atoms with Crippen LogP contribution in [0.3, 0.4) is 0 Å². The zero-order valence-corrected chi connectivity index (χ0v) is 21.5. The van der Waals surface area contributed by atoms with Crippen LogP contribution in [0.5, 0.6) is 5.75 Å². The van der Waals surface area contributed by atoms with E-state index >= 15 is 0 Å². The first kappa shape index (κ1) is 25.5. The van der Waals surface area contributed by atoms with Gasteiger partial charge in [-0.25, -0.2) is 0 Å². The van der Waals surface area contributed by atoms with E-state index < -0.39 is 18.9 Å². The first-order valence-electron chi connectivity index (χ1n) is 11.6. The summed E-state index contributed by atoms with van der Waals surface area (Å²) in [6.07, 6.45) is 0.224. The smallest absolute Gasteiger partial charge is 0.416 e. The fourth-order valence-electron chi connectivity index (χ4n) is 4.09. The highest BCUT2D eigenvalue weighted by atomic mass is 31.2. The Hall–Kier alpha value is -4.18. The number of ether oxygens (including phenoxy) is 1. The summed E-state index contributed by atoms with van der Waals surface area (Å²) in [5.41, 5.74) is 1.29. The topological polar surface area (TPSA) is 118 Å². The van der Waals surface area contributed by atoms with Gasteiger partial charge in [0.15, 0.2) is 0 Å². The van der Waals surface area contributed by atoms with Crippen LogP contribution >= 0.6 is 7.14 Å². The van der Waals surface area contributed by atoms with Gasteiger partial charge in [-0.05, 0) is 56.7 Å². The van der Waals surface area contributed by atoms with Gasteiger partial charge >= 0.3 is 6.18 Å². The second kappa shape index (κ2) is 9.60. The number of hydrogen-bond acceptors (Lipinski definition) is 8. The third-order valence-corrected chi connectivity index (χ3v) is 7.20. The maximum Gasteiger partial charge on any atom is 0.416 e. The number of aromatic amines is 1. The predicted molar refractivity (Wildman–Crippen MR) is 142 cm³/mol. The Balaban J connectivity index is 1.61. The van der Waals surface area contributed by atoms with E-state index in [-0.39, 0.29) is 24.0 Å². The van der Waals surface area contributed by atoms with Gasteiger partial charge in [0, 0.05) is 18.6 Å². The van der Waals surface area contributed by atoms with Crippen LogP contribution < -0.4 is 20.7 Å². The van der Waals surface area contributed by atoms with Crippen molar-refractivity contribution >= 4 is 57.7 Å². The van der Waals surface area contributed by atoms with E-state index in [0.717, 1.165) is 12.1 Å². The summed E-state index contributed by atoms with van der Waals surface area (Å²) in [5.74, 6) is 0.598. The number of rotatable bonds is 7. The molecule has 3 N–H and O–H groups in total. The lowest BCUT2D eigenvalue weighted by Crippen LogP contribution is -2.14. The summed E-state index contributed by atoms with van der Waals surface area (Å²) in [6, 6.07) is 8.43. The van der Waals surface area contributed by atoms with Crippen LogP contribution in [0.25, 0.3) is 22.1 Å². The van der Waals surface area contributed by atoms with Crippen LogP contribution in [0, 0.1) is 0 Å². The van der Waals surface area contributed by atoms with Crippen LogP contribution in [0.4, 0.5) is 36.3 Å². The molecule has 5 aromatic rings. The fraction of sp³-hybridized carbons (Fsp3) is 0.200.